The van der Waals surface area contributed by atoms with Crippen molar-refractivity contribution >= 4 is 17.5 Å². The topological polar surface area (TPSA) is 60.9 Å². The minimum atomic E-state index is -0.839. The van der Waals surface area contributed by atoms with Gasteiger partial charge in [0.25, 0.3) is 5.91 Å². The Morgan fingerprint density at radius 1 is 1.13 bits per heavy atom. The molecule has 0 radical (unpaired) electrons. The molecular formula is C16H10ClF2N3O. The number of carbonyl (C=O) groups excluding carboxylic acids is 1. The standard InChI is InChI=1S/C16H10ClF2N3O/c17-13-14(16(20)23)21-22(12-7-6-10(18)8-11(12)19)15(13)9-4-2-1-3-5-9/h1-8H,(H2,20,23). The predicted octanol–water partition coefficient (Wildman–Crippen LogP) is 3.57. The van der Waals surface area contributed by atoms with Crippen molar-refractivity contribution in [2.45, 2.75) is 0 Å². The molecule has 1 heterocycles. The van der Waals surface area contributed by atoms with Gasteiger partial charge in [0.15, 0.2) is 11.5 Å². The van der Waals surface area contributed by atoms with Gasteiger partial charge < -0.3 is 5.73 Å². The van der Waals surface area contributed by atoms with E-state index in [0.29, 0.717) is 11.3 Å². The van der Waals surface area contributed by atoms with Crippen LogP contribution in [0.3, 0.4) is 0 Å². The lowest BCUT2D eigenvalue weighted by Crippen LogP contribution is -2.13. The maximum atomic E-state index is 14.1. The lowest BCUT2D eigenvalue weighted by atomic mass is 10.1. The lowest BCUT2D eigenvalue weighted by molar-refractivity contribution is 0.0995. The Kier molecular flexibility index (Phi) is 3.83. The molecule has 23 heavy (non-hydrogen) atoms. The fourth-order valence-corrected chi connectivity index (χ4v) is 2.55. The maximum Gasteiger partial charge on any atom is 0.270 e. The van der Waals surface area contributed by atoms with Crippen LogP contribution in [0.5, 0.6) is 0 Å². The van der Waals surface area contributed by atoms with E-state index < -0.39 is 17.5 Å². The molecule has 3 rings (SSSR count). The van der Waals surface area contributed by atoms with Gasteiger partial charge in [0.1, 0.15) is 16.5 Å². The van der Waals surface area contributed by atoms with Gasteiger partial charge in [-0.2, -0.15) is 5.10 Å². The zero-order chi connectivity index (χ0) is 16.6. The molecule has 0 atom stereocenters. The summed E-state index contributed by atoms with van der Waals surface area (Å²) in [6.07, 6.45) is 0. The monoisotopic (exact) mass is 333 g/mol. The van der Waals surface area contributed by atoms with Gasteiger partial charge in [-0.05, 0) is 12.1 Å². The van der Waals surface area contributed by atoms with Crippen LogP contribution in [0.15, 0.2) is 48.5 Å². The van der Waals surface area contributed by atoms with E-state index in [2.05, 4.69) is 5.10 Å². The molecule has 0 aliphatic rings. The first-order chi connectivity index (χ1) is 11.0. The van der Waals surface area contributed by atoms with Crippen molar-refractivity contribution in [2.75, 3.05) is 0 Å². The Morgan fingerprint density at radius 2 is 1.83 bits per heavy atom. The third-order valence-electron chi connectivity index (χ3n) is 3.25. The molecule has 0 aliphatic carbocycles. The van der Waals surface area contributed by atoms with Crippen molar-refractivity contribution in [3.8, 4) is 16.9 Å². The van der Waals surface area contributed by atoms with Crippen LogP contribution in [0.25, 0.3) is 16.9 Å². The zero-order valence-corrected chi connectivity index (χ0v) is 12.4. The van der Waals surface area contributed by atoms with Crippen LogP contribution in [-0.4, -0.2) is 15.7 Å². The van der Waals surface area contributed by atoms with Crippen LogP contribution in [0.2, 0.25) is 5.02 Å². The van der Waals surface area contributed by atoms with Crippen molar-refractivity contribution in [3.05, 3.63) is 70.9 Å². The highest BCUT2D eigenvalue weighted by Gasteiger charge is 2.23. The number of nitrogens with zero attached hydrogens (tertiary/aromatic N) is 2. The van der Waals surface area contributed by atoms with E-state index in [1.54, 1.807) is 30.3 Å². The molecule has 0 unspecified atom stereocenters. The summed E-state index contributed by atoms with van der Waals surface area (Å²) in [5.74, 6) is -2.40. The van der Waals surface area contributed by atoms with Crippen molar-refractivity contribution in [1.29, 1.82) is 0 Å². The Labute approximate surface area is 135 Å². The highest BCUT2D eigenvalue weighted by molar-refractivity contribution is 6.36. The zero-order valence-electron chi connectivity index (χ0n) is 11.6. The Balaban J connectivity index is 2.32. The van der Waals surface area contributed by atoms with E-state index in [4.69, 9.17) is 17.3 Å². The molecule has 3 aromatic rings. The Bertz CT molecular complexity index is 894. The Morgan fingerprint density at radius 3 is 2.43 bits per heavy atom. The van der Waals surface area contributed by atoms with Gasteiger partial charge in [-0.3, -0.25) is 4.79 Å². The average molecular weight is 334 g/mol. The van der Waals surface area contributed by atoms with E-state index in [1.807, 2.05) is 0 Å². The molecule has 0 saturated carbocycles. The van der Waals surface area contributed by atoms with Gasteiger partial charge in [-0.15, -0.1) is 0 Å². The van der Waals surface area contributed by atoms with Crippen molar-refractivity contribution < 1.29 is 13.6 Å². The van der Waals surface area contributed by atoms with Gasteiger partial charge in [0.05, 0.1) is 5.69 Å². The SMILES string of the molecule is NC(=O)c1nn(-c2ccc(F)cc2F)c(-c2ccccc2)c1Cl. The minimum Gasteiger partial charge on any atom is -0.364 e. The molecule has 1 amide bonds. The van der Waals surface area contributed by atoms with E-state index >= 15 is 0 Å². The third-order valence-corrected chi connectivity index (χ3v) is 3.60. The molecule has 0 fully saturated rings. The molecule has 0 aliphatic heterocycles. The molecule has 4 nitrogen and oxygen atoms in total. The smallest absolute Gasteiger partial charge is 0.270 e. The van der Waals surface area contributed by atoms with E-state index in [1.165, 1.54) is 6.07 Å². The van der Waals surface area contributed by atoms with Gasteiger partial charge >= 0.3 is 0 Å². The summed E-state index contributed by atoms with van der Waals surface area (Å²) >= 11 is 6.21. The summed E-state index contributed by atoms with van der Waals surface area (Å²) in [5, 5.41) is 4.00. The van der Waals surface area contributed by atoms with E-state index in [-0.39, 0.29) is 16.4 Å². The van der Waals surface area contributed by atoms with Crippen LogP contribution in [0.1, 0.15) is 10.5 Å². The van der Waals surface area contributed by atoms with Crippen molar-refractivity contribution in [3.63, 3.8) is 0 Å². The molecule has 2 N–H and O–H groups in total. The van der Waals surface area contributed by atoms with Gasteiger partial charge in [0.2, 0.25) is 0 Å². The number of halogens is 3. The third kappa shape index (κ3) is 2.68. The molecular weight excluding hydrogens is 324 g/mol. The number of amides is 1. The first-order valence-electron chi connectivity index (χ1n) is 6.58. The largest absolute Gasteiger partial charge is 0.364 e. The Hall–Kier alpha value is -2.73. The highest BCUT2D eigenvalue weighted by Crippen LogP contribution is 2.33. The summed E-state index contributed by atoms with van der Waals surface area (Å²) in [7, 11) is 0. The second-order valence-corrected chi connectivity index (χ2v) is 5.13. The number of nitrogens with two attached hydrogens (primary N) is 1. The first-order valence-corrected chi connectivity index (χ1v) is 6.96. The summed E-state index contributed by atoms with van der Waals surface area (Å²) in [6, 6.07) is 11.8. The van der Waals surface area contributed by atoms with Gasteiger partial charge in [-0.1, -0.05) is 41.9 Å². The number of aromatic nitrogens is 2. The molecule has 1 aromatic heterocycles. The molecule has 0 saturated heterocycles. The summed E-state index contributed by atoms with van der Waals surface area (Å²) < 4.78 is 28.4. The molecule has 2 aromatic carbocycles. The van der Waals surface area contributed by atoms with E-state index in [0.717, 1.165) is 16.8 Å². The predicted molar refractivity (Wildman–Crippen MR) is 82.4 cm³/mol. The fourth-order valence-electron chi connectivity index (χ4n) is 2.23. The van der Waals surface area contributed by atoms with Crippen LogP contribution in [0.4, 0.5) is 8.78 Å². The van der Waals surface area contributed by atoms with Crippen molar-refractivity contribution in [2.24, 2.45) is 5.73 Å². The number of carbonyl (C=O) groups is 1. The second kappa shape index (κ2) is 5.81. The second-order valence-electron chi connectivity index (χ2n) is 4.75. The summed E-state index contributed by atoms with van der Waals surface area (Å²) in [4.78, 5) is 11.5. The number of primary amides is 1. The quantitative estimate of drug-likeness (QED) is 0.796. The van der Waals surface area contributed by atoms with Crippen molar-refractivity contribution in [1.82, 2.24) is 9.78 Å². The number of hydrogen-bond acceptors (Lipinski definition) is 2. The average Bonchev–Trinajstić information content (AvgIpc) is 2.85. The number of hydrogen-bond donors (Lipinski definition) is 1. The van der Waals surface area contributed by atoms with Crippen LogP contribution in [0, 0.1) is 11.6 Å². The molecule has 7 heteroatoms. The van der Waals surface area contributed by atoms with Crippen LogP contribution in [-0.2, 0) is 0 Å². The van der Waals surface area contributed by atoms with Crippen LogP contribution >= 0.6 is 11.6 Å². The van der Waals surface area contributed by atoms with E-state index in [9.17, 15) is 13.6 Å². The lowest BCUT2D eigenvalue weighted by Gasteiger charge is -2.09. The summed E-state index contributed by atoms with van der Waals surface area (Å²) in [5.41, 5.74) is 5.94. The molecule has 0 spiro atoms. The molecule has 0 bridgehead atoms. The minimum absolute atomic E-state index is 0.00688. The van der Waals surface area contributed by atoms with Crippen LogP contribution < -0.4 is 5.73 Å². The maximum absolute atomic E-state index is 14.1. The first kappa shape index (κ1) is 15.2. The number of rotatable bonds is 3. The highest BCUT2D eigenvalue weighted by atomic mass is 35.5. The fraction of sp³-hybridized carbons (Fsp3) is 0. The normalized spacial score (nSPS) is 10.7. The van der Waals surface area contributed by atoms with Gasteiger partial charge in [0, 0.05) is 11.6 Å². The van der Waals surface area contributed by atoms with Gasteiger partial charge in [-0.25, -0.2) is 13.5 Å². The molecule has 116 valence electrons. The number of benzene rings is 2. The summed E-state index contributed by atoms with van der Waals surface area (Å²) in [6.45, 7) is 0.